The summed E-state index contributed by atoms with van der Waals surface area (Å²) >= 11 is 0. The third-order valence-corrected chi connectivity index (χ3v) is 2.17. The Morgan fingerprint density at radius 2 is 2.12 bits per heavy atom. The zero-order valence-electron chi connectivity index (χ0n) is 9.01. The van der Waals surface area contributed by atoms with Gasteiger partial charge in [-0.15, -0.1) is 0 Å². The summed E-state index contributed by atoms with van der Waals surface area (Å²) in [4.78, 5) is 11.1. The van der Waals surface area contributed by atoms with Crippen LogP contribution in [0.15, 0.2) is 29.3 Å². The molecule has 1 heterocycles. The van der Waals surface area contributed by atoms with Gasteiger partial charge in [-0.2, -0.15) is 13.2 Å². The van der Waals surface area contributed by atoms with Crippen LogP contribution in [0.2, 0.25) is 0 Å². The molecule has 0 unspecified atom stereocenters. The number of nitrogens with zero attached hydrogens (tertiary/aromatic N) is 1. The van der Waals surface area contributed by atoms with Gasteiger partial charge in [-0.1, -0.05) is 19.6 Å². The molecule has 2 nitrogen and oxygen atoms in total. The molecule has 0 bridgehead atoms. The number of aldehydes is 1. The van der Waals surface area contributed by atoms with E-state index in [9.17, 15) is 18.0 Å². The second kappa shape index (κ2) is 4.58. The number of rotatable bonds is 3. The van der Waals surface area contributed by atoms with Gasteiger partial charge in [0.1, 0.15) is 12.0 Å². The molecule has 0 fully saturated rings. The first-order valence-electron chi connectivity index (χ1n) is 4.82. The number of alkyl halides is 3. The molecule has 0 aromatic carbocycles. The van der Waals surface area contributed by atoms with Crippen molar-refractivity contribution in [1.82, 2.24) is 4.90 Å². The summed E-state index contributed by atoms with van der Waals surface area (Å²) in [6.07, 6.45) is -1.82. The van der Waals surface area contributed by atoms with E-state index in [0.29, 0.717) is 11.9 Å². The second-order valence-electron chi connectivity index (χ2n) is 3.73. The van der Waals surface area contributed by atoms with Crippen molar-refractivity contribution in [1.29, 1.82) is 0 Å². The van der Waals surface area contributed by atoms with Gasteiger partial charge in [-0.05, 0) is 12.0 Å². The summed E-state index contributed by atoms with van der Waals surface area (Å²) in [7, 11) is 0. The zero-order chi connectivity index (χ0) is 12.3. The molecular weight excluding hydrogens is 219 g/mol. The standard InChI is InChI=1S/C11H12F3NO/c1-8(2)9-3-4-15(5-6-16)10(7-9)11(12,13)14/h4,6-8H,5H2,1-2H3. The Balaban J connectivity index is 3.11. The maximum atomic E-state index is 12.7. The van der Waals surface area contributed by atoms with Gasteiger partial charge in [0, 0.05) is 11.8 Å². The van der Waals surface area contributed by atoms with Crippen molar-refractivity contribution >= 4 is 6.29 Å². The minimum Gasteiger partial charge on any atom is -0.330 e. The van der Waals surface area contributed by atoms with Crippen molar-refractivity contribution in [3.05, 3.63) is 29.3 Å². The van der Waals surface area contributed by atoms with Crippen molar-refractivity contribution in [2.24, 2.45) is 5.92 Å². The van der Waals surface area contributed by atoms with Crippen LogP contribution in [0.4, 0.5) is 13.2 Å². The number of hydrogen-bond acceptors (Lipinski definition) is 2. The Hall–Kier alpha value is -1.48. The van der Waals surface area contributed by atoms with Gasteiger partial charge in [0.05, 0.1) is 6.54 Å². The van der Waals surface area contributed by atoms with Crippen molar-refractivity contribution in [3.63, 3.8) is 0 Å². The Morgan fingerprint density at radius 1 is 1.50 bits per heavy atom. The maximum Gasteiger partial charge on any atom is 0.431 e. The quantitative estimate of drug-likeness (QED) is 0.549. The fourth-order valence-electron chi connectivity index (χ4n) is 1.30. The molecule has 5 heteroatoms. The molecule has 0 radical (unpaired) electrons. The molecule has 1 aliphatic heterocycles. The summed E-state index contributed by atoms with van der Waals surface area (Å²) in [6, 6.07) is 0. The molecular formula is C11H12F3NO. The number of allylic oxidation sites excluding steroid dienone is 3. The number of hydrogen-bond donors (Lipinski definition) is 0. The zero-order valence-corrected chi connectivity index (χ0v) is 9.01. The highest BCUT2D eigenvalue weighted by Crippen LogP contribution is 2.32. The molecule has 1 rings (SSSR count). The van der Waals surface area contributed by atoms with Crippen LogP contribution in [0.1, 0.15) is 13.8 Å². The Morgan fingerprint density at radius 3 is 2.56 bits per heavy atom. The van der Waals surface area contributed by atoms with Crippen molar-refractivity contribution < 1.29 is 18.0 Å². The van der Waals surface area contributed by atoms with E-state index in [2.05, 4.69) is 5.73 Å². The molecule has 1 aliphatic rings. The van der Waals surface area contributed by atoms with Gasteiger partial charge in [0.25, 0.3) is 0 Å². The predicted molar refractivity (Wildman–Crippen MR) is 53.3 cm³/mol. The van der Waals surface area contributed by atoms with E-state index in [0.717, 1.165) is 11.0 Å². The third kappa shape index (κ3) is 2.76. The topological polar surface area (TPSA) is 20.3 Å². The van der Waals surface area contributed by atoms with E-state index in [1.807, 2.05) is 0 Å². The van der Waals surface area contributed by atoms with Crippen molar-refractivity contribution in [3.8, 4) is 0 Å². The SMILES string of the molecule is CC(C)C1=C=CN(CC=O)C(C(F)(F)F)=C1. The highest BCUT2D eigenvalue weighted by atomic mass is 19.4. The van der Waals surface area contributed by atoms with E-state index in [-0.39, 0.29) is 12.5 Å². The summed E-state index contributed by atoms with van der Waals surface area (Å²) in [5.41, 5.74) is 2.40. The van der Waals surface area contributed by atoms with Gasteiger partial charge < -0.3 is 9.69 Å². The maximum absolute atomic E-state index is 12.7. The smallest absolute Gasteiger partial charge is 0.330 e. The minimum absolute atomic E-state index is 0.0352. The highest BCUT2D eigenvalue weighted by Gasteiger charge is 2.38. The first-order chi connectivity index (χ1) is 7.36. The predicted octanol–water partition coefficient (Wildman–Crippen LogP) is 2.64. The minimum atomic E-state index is -4.46. The van der Waals surface area contributed by atoms with Crippen LogP contribution in [0, 0.1) is 5.92 Å². The molecule has 0 aromatic heterocycles. The molecule has 0 saturated carbocycles. The number of halogens is 3. The van der Waals surface area contributed by atoms with Crippen LogP contribution >= 0.6 is 0 Å². The molecule has 16 heavy (non-hydrogen) atoms. The van der Waals surface area contributed by atoms with E-state index < -0.39 is 11.9 Å². The molecule has 88 valence electrons. The lowest BCUT2D eigenvalue weighted by Crippen LogP contribution is -2.30. The van der Waals surface area contributed by atoms with E-state index in [4.69, 9.17) is 0 Å². The summed E-state index contributed by atoms with van der Waals surface area (Å²) in [5, 5.41) is 0. The number of carbonyl (C=O) groups excluding carboxylic acids is 1. The van der Waals surface area contributed by atoms with Crippen LogP contribution < -0.4 is 0 Å². The average Bonchev–Trinajstić information content (AvgIpc) is 2.16. The van der Waals surface area contributed by atoms with Gasteiger partial charge in [-0.3, -0.25) is 0 Å². The van der Waals surface area contributed by atoms with Crippen LogP contribution in [0.3, 0.4) is 0 Å². The normalized spacial score (nSPS) is 16.2. The Bertz CT molecular complexity index is 373. The highest BCUT2D eigenvalue weighted by molar-refractivity contribution is 5.53. The first kappa shape index (κ1) is 12.6. The van der Waals surface area contributed by atoms with Crippen molar-refractivity contribution in [2.45, 2.75) is 20.0 Å². The largest absolute Gasteiger partial charge is 0.431 e. The van der Waals surface area contributed by atoms with Gasteiger partial charge >= 0.3 is 6.18 Å². The summed E-state index contributed by atoms with van der Waals surface area (Å²) in [6.45, 7) is 3.26. The fraction of sp³-hybridized carbons (Fsp3) is 0.455. The molecule has 0 spiro atoms. The molecule has 0 aromatic rings. The lowest BCUT2D eigenvalue weighted by atomic mass is 10.0. The van der Waals surface area contributed by atoms with Crippen LogP contribution in [-0.4, -0.2) is 23.9 Å². The first-order valence-corrected chi connectivity index (χ1v) is 4.82. The van der Waals surface area contributed by atoms with Crippen molar-refractivity contribution in [2.75, 3.05) is 6.54 Å². The Labute approximate surface area is 91.7 Å². The monoisotopic (exact) mass is 231 g/mol. The fourth-order valence-corrected chi connectivity index (χ4v) is 1.30. The lowest BCUT2D eigenvalue weighted by Gasteiger charge is -2.25. The van der Waals surface area contributed by atoms with Gasteiger partial charge in [0.15, 0.2) is 0 Å². The van der Waals surface area contributed by atoms with E-state index >= 15 is 0 Å². The third-order valence-electron chi connectivity index (χ3n) is 2.17. The molecule has 0 aliphatic carbocycles. The average molecular weight is 231 g/mol. The van der Waals surface area contributed by atoms with Gasteiger partial charge in [0.2, 0.25) is 0 Å². The molecule has 0 saturated heterocycles. The molecule has 0 N–H and O–H groups in total. The van der Waals surface area contributed by atoms with Crippen LogP contribution in [0.5, 0.6) is 0 Å². The summed E-state index contributed by atoms with van der Waals surface area (Å²) < 4.78 is 38.0. The van der Waals surface area contributed by atoms with Crippen LogP contribution in [-0.2, 0) is 4.79 Å². The van der Waals surface area contributed by atoms with E-state index in [1.54, 1.807) is 13.8 Å². The summed E-state index contributed by atoms with van der Waals surface area (Å²) in [5.74, 6) is -0.0352. The molecule has 0 amide bonds. The van der Waals surface area contributed by atoms with Gasteiger partial charge in [-0.25, -0.2) is 0 Å². The second-order valence-corrected chi connectivity index (χ2v) is 3.73. The van der Waals surface area contributed by atoms with Crippen LogP contribution in [0.25, 0.3) is 0 Å². The lowest BCUT2D eigenvalue weighted by molar-refractivity contribution is -0.114. The number of carbonyl (C=O) groups is 1. The van der Waals surface area contributed by atoms with E-state index in [1.165, 1.54) is 6.20 Å². The Kier molecular flexibility index (Phi) is 3.60. The molecule has 0 atom stereocenters.